The molecular formula is C22H19F2N3OS. The number of fused-ring (bicyclic) bond motifs is 2. The summed E-state index contributed by atoms with van der Waals surface area (Å²) in [7, 11) is 0. The molecule has 1 fully saturated rings. The van der Waals surface area contributed by atoms with Crippen LogP contribution in [0.1, 0.15) is 46.1 Å². The Bertz CT molecular complexity index is 1070. The maximum Gasteiger partial charge on any atom is 0.254 e. The molecule has 148 valence electrons. The SMILES string of the molecule is O=C1c2ccc(F)cc2CC[C@@H]2CC[C@H](c3nc(-c4ccc(F)cn4)cs3)CN12. The van der Waals surface area contributed by atoms with Crippen LogP contribution in [0.15, 0.2) is 41.9 Å². The fourth-order valence-corrected chi connectivity index (χ4v) is 5.29. The van der Waals surface area contributed by atoms with Crippen LogP contribution in [-0.2, 0) is 6.42 Å². The highest BCUT2D eigenvalue weighted by molar-refractivity contribution is 7.10. The molecule has 3 aromatic rings. The van der Waals surface area contributed by atoms with Gasteiger partial charge >= 0.3 is 0 Å². The van der Waals surface area contributed by atoms with Crippen molar-refractivity contribution in [1.82, 2.24) is 14.9 Å². The Morgan fingerprint density at radius 3 is 2.72 bits per heavy atom. The summed E-state index contributed by atoms with van der Waals surface area (Å²) < 4.78 is 26.7. The topological polar surface area (TPSA) is 46.1 Å². The van der Waals surface area contributed by atoms with Crippen molar-refractivity contribution in [2.24, 2.45) is 0 Å². The zero-order valence-corrected chi connectivity index (χ0v) is 16.5. The minimum atomic E-state index is -0.373. The van der Waals surface area contributed by atoms with E-state index >= 15 is 0 Å². The maximum atomic E-state index is 13.6. The Balaban J connectivity index is 1.39. The first-order chi connectivity index (χ1) is 14.1. The van der Waals surface area contributed by atoms with E-state index < -0.39 is 0 Å². The van der Waals surface area contributed by atoms with Gasteiger partial charge < -0.3 is 4.90 Å². The van der Waals surface area contributed by atoms with Crippen molar-refractivity contribution in [3.05, 3.63) is 69.7 Å². The second-order valence-corrected chi connectivity index (χ2v) is 8.55. The fourth-order valence-electron chi connectivity index (χ4n) is 4.35. The molecule has 4 heterocycles. The summed E-state index contributed by atoms with van der Waals surface area (Å²) >= 11 is 1.56. The number of pyridine rings is 1. The Kier molecular flexibility index (Phi) is 4.62. The smallest absolute Gasteiger partial charge is 0.254 e. The maximum absolute atomic E-state index is 13.6. The summed E-state index contributed by atoms with van der Waals surface area (Å²) in [6.45, 7) is 0.615. The van der Waals surface area contributed by atoms with Gasteiger partial charge in [-0.1, -0.05) is 0 Å². The van der Waals surface area contributed by atoms with E-state index in [9.17, 15) is 13.6 Å². The van der Waals surface area contributed by atoms with Crippen molar-refractivity contribution in [2.75, 3.05) is 6.54 Å². The molecule has 1 amide bonds. The summed E-state index contributed by atoms with van der Waals surface area (Å²) in [5, 5.41) is 2.91. The van der Waals surface area contributed by atoms with E-state index in [0.717, 1.165) is 41.9 Å². The standard InChI is InChI=1S/C22H19F2N3OS/c23-15-3-7-18-13(9-15)1-5-17-6-2-14(11-27(17)22(18)28)21-26-20(12-29-21)19-8-4-16(24)10-25-19/h3-4,7-10,12,14,17H,1-2,5-6,11H2/t14-,17+/m0/s1. The summed E-state index contributed by atoms with van der Waals surface area (Å²) in [5.41, 5.74) is 2.80. The lowest BCUT2D eigenvalue weighted by Crippen LogP contribution is -2.45. The Hall–Kier alpha value is -2.67. The summed E-state index contributed by atoms with van der Waals surface area (Å²) in [5.74, 6) is -0.512. The Morgan fingerprint density at radius 1 is 1.03 bits per heavy atom. The first kappa shape index (κ1) is 18.4. The first-order valence-electron chi connectivity index (χ1n) is 9.75. The van der Waals surface area contributed by atoms with Gasteiger partial charge in [-0.25, -0.2) is 13.8 Å². The number of thiazole rings is 1. The molecule has 0 N–H and O–H groups in total. The minimum absolute atomic E-state index is 0.0100. The van der Waals surface area contributed by atoms with Crippen LogP contribution in [0.5, 0.6) is 0 Å². The summed E-state index contributed by atoms with van der Waals surface area (Å²) in [6.07, 6.45) is 4.65. The molecule has 29 heavy (non-hydrogen) atoms. The molecular weight excluding hydrogens is 392 g/mol. The lowest BCUT2D eigenvalue weighted by atomic mass is 9.91. The molecule has 0 radical (unpaired) electrons. The largest absolute Gasteiger partial charge is 0.335 e. The van der Waals surface area contributed by atoms with Crippen molar-refractivity contribution in [3.63, 3.8) is 0 Å². The van der Waals surface area contributed by atoms with Gasteiger partial charge in [-0.3, -0.25) is 9.78 Å². The van der Waals surface area contributed by atoms with Crippen molar-refractivity contribution in [2.45, 2.75) is 37.6 Å². The zero-order valence-electron chi connectivity index (χ0n) is 15.6. The quantitative estimate of drug-likeness (QED) is 0.608. The molecule has 1 aromatic carbocycles. The zero-order chi connectivity index (χ0) is 20.0. The monoisotopic (exact) mass is 411 g/mol. The number of aryl methyl sites for hydroxylation is 1. The second-order valence-electron chi connectivity index (χ2n) is 7.66. The van der Waals surface area contributed by atoms with E-state index in [-0.39, 0.29) is 29.5 Å². The lowest BCUT2D eigenvalue weighted by molar-refractivity contribution is 0.0588. The predicted octanol–water partition coefficient (Wildman–Crippen LogP) is 4.82. The average molecular weight is 411 g/mol. The molecule has 0 spiro atoms. The molecule has 2 aliphatic heterocycles. The second kappa shape index (κ2) is 7.30. The Morgan fingerprint density at radius 2 is 1.90 bits per heavy atom. The Labute approximate surface area is 171 Å². The van der Waals surface area contributed by atoms with Gasteiger partial charge in [-0.2, -0.15) is 0 Å². The molecule has 7 heteroatoms. The van der Waals surface area contributed by atoms with Crippen molar-refractivity contribution < 1.29 is 13.6 Å². The number of amides is 1. The van der Waals surface area contributed by atoms with Crippen LogP contribution in [0.4, 0.5) is 8.78 Å². The molecule has 0 saturated carbocycles. The van der Waals surface area contributed by atoms with Gasteiger partial charge in [0.25, 0.3) is 5.91 Å². The van der Waals surface area contributed by atoms with Crippen molar-refractivity contribution >= 4 is 17.2 Å². The number of piperidine rings is 1. The van der Waals surface area contributed by atoms with Crippen molar-refractivity contribution in [3.8, 4) is 11.4 Å². The van der Waals surface area contributed by atoms with E-state index in [0.29, 0.717) is 17.8 Å². The van der Waals surface area contributed by atoms with E-state index in [1.165, 1.54) is 24.4 Å². The van der Waals surface area contributed by atoms with Crippen molar-refractivity contribution in [1.29, 1.82) is 0 Å². The third-order valence-electron chi connectivity index (χ3n) is 5.87. The third kappa shape index (κ3) is 3.44. The van der Waals surface area contributed by atoms with Gasteiger partial charge in [0.05, 0.1) is 22.6 Å². The molecule has 5 rings (SSSR count). The summed E-state index contributed by atoms with van der Waals surface area (Å²) in [4.78, 5) is 23.9. The van der Waals surface area contributed by atoms with E-state index in [1.807, 2.05) is 10.3 Å². The normalized spacial score (nSPS) is 21.4. The minimum Gasteiger partial charge on any atom is -0.335 e. The number of carbonyl (C=O) groups excluding carboxylic acids is 1. The molecule has 2 aliphatic rings. The van der Waals surface area contributed by atoms with Crippen LogP contribution in [0.25, 0.3) is 11.4 Å². The highest BCUT2D eigenvalue weighted by Gasteiger charge is 2.36. The number of hydrogen-bond acceptors (Lipinski definition) is 4. The van der Waals surface area contributed by atoms with Gasteiger partial charge in [0, 0.05) is 29.4 Å². The number of aromatic nitrogens is 2. The predicted molar refractivity (Wildman–Crippen MR) is 107 cm³/mol. The molecule has 2 aromatic heterocycles. The van der Waals surface area contributed by atoms with Gasteiger partial charge in [-0.05, 0) is 61.6 Å². The molecule has 0 aliphatic carbocycles. The third-order valence-corrected chi connectivity index (χ3v) is 6.88. The molecule has 0 bridgehead atoms. The molecule has 2 atom stereocenters. The highest BCUT2D eigenvalue weighted by Crippen LogP contribution is 2.37. The van der Waals surface area contributed by atoms with Gasteiger partial charge in [0.2, 0.25) is 0 Å². The van der Waals surface area contributed by atoms with Gasteiger partial charge in [0.1, 0.15) is 11.6 Å². The van der Waals surface area contributed by atoms with Crippen LogP contribution < -0.4 is 0 Å². The fraction of sp³-hybridized carbons (Fsp3) is 0.318. The highest BCUT2D eigenvalue weighted by atomic mass is 32.1. The van der Waals surface area contributed by atoms with Crippen LogP contribution in [0.2, 0.25) is 0 Å². The number of carbonyl (C=O) groups is 1. The van der Waals surface area contributed by atoms with Crippen LogP contribution in [0.3, 0.4) is 0 Å². The lowest BCUT2D eigenvalue weighted by Gasteiger charge is -2.38. The summed E-state index contributed by atoms with van der Waals surface area (Å²) in [6, 6.07) is 7.66. The van der Waals surface area contributed by atoms with E-state index in [2.05, 4.69) is 4.98 Å². The van der Waals surface area contributed by atoms with Crippen LogP contribution in [-0.4, -0.2) is 33.4 Å². The van der Waals surface area contributed by atoms with E-state index in [4.69, 9.17) is 4.98 Å². The molecule has 4 nitrogen and oxygen atoms in total. The number of hydrogen-bond donors (Lipinski definition) is 0. The van der Waals surface area contributed by atoms with Crippen LogP contribution >= 0.6 is 11.3 Å². The molecule has 0 unspecified atom stereocenters. The molecule has 1 saturated heterocycles. The first-order valence-corrected chi connectivity index (χ1v) is 10.6. The van der Waals surface area contributed by atoms with E-state index in [1.54, 1.807) is 23.5 Å². The van der Waals surface area contributed by atoms with Crippen LogP contribution in [0, 0.1) is 11.6 Å². The van der Waals surface area contributed by atoms with Gasteiger partial charge in [-0.15, -0.1) is 11.3 Å². The number of rotatable bonds is 2. The van der Waals surface area contributed by atoms with Gasteiger partial charge in [0.15, 0.2) is 0 Å². The number of halogens is 2. The number of benzene rings is 1. The number of nitrogens with zero attached hydrogens (tertiary/aromatic N) is 3. The average Bonchev–Trinajstić information content (AvgIpc) is 3.18.